The molecule has 0 radical (unpaired) electrons. The molecule has 0 unspecified atom stereocenters. The van der Waals surface area contributed by atoms with Gasteiger partial charge < -0.3 is 26.4 Å². The molecule has 2 rings (SSSR count). The monoisotopic (exact) mass is 350 g/mol. The van der Waals surface area contributed by atoms with E-state index in [9.17, 15) is 30.4 Å². The van der Waals surface area contributed by atoms with Crippen LogP contribution < -0.4 is 16.2 Å². The summed E-state index contributed by atoms with van der Waals surface area (Å²) >= 11 is 0. The molecule has 11 nitrogen and oxygen atoms in total. The highest BCUT2D eigenvalue weighted by Gasteiger charge is 2.22. The van der Waals surface area contributed by atoms with Gasteiger partial charge >= 0.3 is 11.4 Å². The minimum atomic E-state index is -0.814. The Morgan fingerprint density at radius 3 is 1.48 bits per heavy atom. The highest BCUT2D eigenvalue weighted by Crippen LogP contribution is 2.39. The van der Waals surface area contributed by atoms with Crippen LogP contribution in [0.25, 0.3) is 0 Å². The minimum absolute atomic E-state index is 0.0679. The number of phenolic OH excluding ortho intramolecular Hbond substituents is 2. The van der Waals surface area contributed by atoms with E-state index in [0.29, 0.717) is 0 Å². The fraction of sp³-hybridized carbons (Fsp3) is 0.143. The second kappa shape index (κ2) is 6.98. The molecule has 0 saturated carbocycles. The number of rotatable bonds is 6. The third-order valence-corrected chi connectivity index (χ3v) is 3.37. The number of benzene rings is 2. The minimum Gasteiger partial charge on any atom is -0.502 e. The number of phenols is 2. The fourth-order valence-electron chi connectivity index (χ4n) is 2.12. The lowest BCUT2D eigenvalue weighted by Gasteiger charge is -2.14. The van der Waals surface area contributed by atoms with E-state index in [4.69, 9.17) is 16.2 Å². The highest BCUT2D eigenvalue weighted by atomic mass is 16.6. The van der Waals surface area contributed by atoms with Crippen molar-refractivity contribution in [2.45, 2.75) is 13.1 Å². The van der Waals surface area contributed by atoms with E-state index in [2.05, 4.69) is 0 Å². The van der Waals surface area contributed by atoms with Crippen LogP contribution in [-0.2, 0) is 13.1 Å². The summed E-state index contributed by atoms with van der Waals surface area (Å²) in [6, 6.07) is 4.06. The standard InChI is InChI=1S/C14H14N4O7/c15-5-7-1-11(19)9(17(21)22)3-13(7)25-14-4-10(18(23)24)12(20)2-8(14)6-16/h1-4,19-20H,5-6,15-16H2. The van der Waals surface area contributed by atoms with E-state index in [-0.39, 0.29) is 35.7 Å². The predicted octanol–water partition coefficient (Wildman–Crippen LogP) is 1.62. The molecule has 0 aliphatic heterocycles. The zero-order valence-electron chi connectivity index (χ0n) is 12.7. The Morgan fingerprint density at radius 1 is 0.840 bits per heavy atom. The summed E-state index contributed by atoms with van der Waals surface area (Å²) in [6.07, 6.45) is 0. The van der Waals surface area contributed by atoms with Gasteiger partial charge in [-0.1, -0.05) is 0 Å². The van der Waals surface area contributed by atoms with Crippen molar-refractivity contribution in [3.8, 4) is 23.0 Å². The van der Waals surface area contributed by atoms with Crippen LogP contribution in [0.2, 0.25) is 0 Å². The Bertz CT molecular complexity index is 784. The SMILES string of the molecule is NCc1cc(O)c([N+](=O)[O-])cc1Oc1cc([N+](=O)[O-])c(O)cc1CN. The first-order valence-corrected chi connectivity index (χ1v) is 6.87. The average Bonchev–Trinajstić information content (AvgIpc) is 2.56. The lowest BCUT2D eigenvalue weighted by molar-refractivity contribution is -0.386. The number of nitrogens with two attached hydrogens (primary N) is 2. The summed E-state index contributed by atoms with van der Waals surface area (Å²) in [4.78, 5) is 20.3. The molecule has 0 fully saturated rings. The summed E-state index contributed by atoms with van der Waals surface area (Å²) in [6.45, 7) is -0.224. The maximum absolute atomic E-state index is 11.0. The molecular formula is C14H14N4O7. The number of hydrogen-bond acceptors (Lipinski definition) is 9. The van der Waals surface area contributed by atoms with Crippen LogP contribution in [0, 0.1) is 20.2 Å². The van der Waals surface area contributed by atoms with Gasteiger partial charge in [0.05, 0.1) is 22.0 Å². The summed E-state index contributed by atoms with van der Waals surface area (Å²) in [5, 5.41) is 41.2. The molecule has 6 N–H and O–H groups in total. The molecule has 0 heterocycles. The van der Waals surface area contributed by atoms with Crippen LogP contribution in [0.4, 0.5) is 11.4 Å². The molecule has 0 saturated heterocycles. The second-order valence-electron chi connectivity index (χ2n) is 4.92. The van der Waals surface area contributed by atoms with E-state index in [1.807, 2.05) is 0 Å². The predicted molar refractivity (Wildman–Crippen MR) is 85.4 cm³/mol. The van der Waals surface area contributed by atoms with Crippen molar-refractivity contribution in [1.29, 1.82) is 0 Å². The number of nitro benzene ring substituents is 2. The van der Waals surface area contributed by atoms with Gasteiger partial charge in [-0.05, 0) is 12.1 Å². The lowest BCUT2D eigenvalue weighted by atomic mass is 10.1. The van der Waals surface area contributed by atoms with E-state index < -0.39 is 32.7 Å². The van der Waals surface area contributed by atoms with Gasteiger partial charge in [0.1, 0.15) is 11.5 Å². The normalized spacial score (nSPS) is 10.5. The molecule has 0 aliphatic rings. The Kier molecular flexibility index (Phi) is 5.00. The Labute approximate surface area is 140 Å². The Hall–Kier alpha value is -3.44. The van der Waals surface area contributed by atoms with Gasteiger partial charge in [0.15, 0.2) is 11.5 Å². The molecule has 0 bridgehead atoms. The molecule has 0 aromatic heterocycles. The fourth-order valence-corrected chi connectivity index (χ4v) is 2.12. The van der Waals surface area contributed by atoms with Crippen molar-refractivity contribution >= 4 is 11.4 Å². The van der Waals surface area contributed by atoms with E-state index in [0.717, 1.165) is 24.3 Å². The molecule has 132 valence electrons. The van der Waals surface area contributed by atoms with Crippen LogP contribution in [0.3, 0.4) is 0 Å². The van der Waals surface area contributed by atoms with Crippen LogP contribution in [0.1, 0.15) is 11.1 Å². The molecule has 11 heteroatoms. The first-order chi connectivity index (χ1) is 11.8. The molecule has 25 heavy (non-hydrogen) atoms. The van der Waals surface area contributed by atoms with Crippen molar-refractivity contribution in [3.63, 3.8) is 0 Å². The van der Waals surface area contributed by atoms with Crippen LogP contribution in [0.5, 0.6) is 23.0 Å². The molecule has 0 amide bonds. The largest absolute Gasteiger partial charge is 0.502 e. The smallest absolute Gasteiger partial charge is 0.314 e. The first-order valence-electron chi connectivity index (χ1n) is 6.87. The Morgan fingerprint density at radius 2 is 1.20 bits per heavy atom. The van der Waals surface area contributed by atoms with Gasteiger partial charge in [-0.15, -0.1) is 0 Å². The molecule has 0 spiro atoms. The lowest BCUT2D eigenvalue weighted by Crippen LogP contribution is -2.04. The van der Waals surface area contributed by atoms with Crippen LogP contribution in [-0.4, -0.2) is 20.1 Å². The molecule has 0 aliphatic carbocycles. The quantitative estimate of drug-likeness (QED) is 0.443. The second-order valence-corrected chi connectivity index (χ2v) is 4.92. The van der Waals surface area contributed by atoms with E-state index in [1.54, 1.807) is 0 Å². The zero-order valence-corrected chi connectivity index (χ0v) is 12.7. The van der Waals surface area contributed by atoms with Crippen molar-refractivity contribution in [2.75, 3.05) is 0 Å². The highest BCUT2D eigenvalue weighted by molar-refractivity contribution is 5.58. The molecule has 2 aromatic carbocycles. The van der Waals surface area contributed by atoms with Gasteiger partial charge in [-0.25, -0.2) is 0 Å². The van der Waals surface area contributed by atoms with Gasteiger partial charge in [0, 0.05) is 24.2 Å². The van der Waals surface area contributed by atoms with Crippen molar-refractivity contribution in [1.82, 2.24) is 0 Å². The first kappa shape index (κ1) is 17.9. The van der Waals surface area contributed by atoms with Crippen LogP contribution in [0.15, 0.2) is 24.3 Å². The molecule has 2 aromatic rings. The summed E-state index contributed by atoms with van der Waals surface area (Å²) < 4.78 is 5.52. The topological polar surface area (TPSA) is 188 Å². The van der Waals surface area contributed by atoms with E-state index in [1.165, 1.54) is 0 Å². The van der Waals surface area contributed by atoms with Gasteiger partial charge in [0.2, 0.25) is 0 Å². The number of nitrogens with zero attached hydrogens (tertiary/aromatic N) is 2. The average molecular weight is 350 g/mol. The molecular weight excluding hydrogens is 336 g/mol. The third kappa shape index (κ3) is 3.57. The molecule has 0 atom stereocenters. The van der Waals surface area contributed by atoms with Crippen LogP contribution >= 0.6 is 0 Å². The number of aromatic hydroxyl groups is 2. The summed E-state index contributed by atoms with van der Waals surface area (Å²) in [7, 11) is 0. The van der Waals surface area contributed by atoms with Gasteiger partial charge in [0.25, 0.3) is 0 Å². The van der Waals surface area contributed by atoms with Crippen molar-refractivity contribution in [2.24, 2.45) is 11.5 Å². The maximum Gasteiger partial charge on any atom is 0.314 e. The number of hydrogen-bond donors (Lipinski definition) is 4. The maximum atomic E-state index is 11.0. The Balaban J connectivity index is 2.59. The number of nitro groups is 2. The third-order valence-electron chi connectivity index (χ3n) is 3.37. The van der Waals surface area contributed by atoms with E-state index >= 15 is 0 Å². The van der Waals surface area contributed by atoms with Crippen molar-refractivity contribution in [3.05, 3.63) is 55.6 Å². The number of ether oxygens (including phenoxy) is 1. The van der Waals surface area contributed by atoms with Crippen molar-refractivity contribution < 1.29 is 24.8 Å². The summed E-state index contributed by atoms with van der Waals surface area (Å²) in [5.41, 5.74) is 10.3. The zero-order chi connectivity index (χ0) is 18.7. The van der Waals surface area contributed by atoms with Gasteiger partial charge in [-0.3, -0.25) is 20.2 Å². The summed E-state index contributed by atoms with van der Waals surface area (Å²) in [5.74, 6) is -1.31. The van der Waals surface area contributed by atoms with Gasteiger partial charge in [-0.2, -0.15) is 0 Å².